The fourth-order valence-corrected chi connectivity index (χ4v) is 5.60. The lowest BCUT2D eigenvalue weighted by molar-refractivity contribution is -0.137. The van der Waals surface area contributed by atoms with E-state index in [9.17, 15) is 4.79 Å². The molecule has 3 aromatic carbocycles. The molecule has 2 nitrogen and oxygen atoms in total. The van der Waals surface area contributed by atoms with Crippen LogP contribution in [0.25, 0.3) is 0 Å². The summed E-state index contributed by atoms with van der Waals surface area (Å²) in [6.45, 7) is 0. The lowest BCUT2D eigenvalue weighted by atomic mass is 10.2. The van der Waals surface area contributed by atoms with Crippen molar-refractivity contribution in [2.75, 3.05) is 5.33 Å². The van der Waals surface area contributed by atoms with Gasteiger partial charge in [0.2, 0.25) is 0 Å². The van der Waals surface area contributed by atoms with Gasteiger partial charge in [0.25, 0.3) is 0 Å². The van der Waals surface area contributed by atoms with Crippen molar-refractivity contribution in [3.63, 3.8) is 0 Å². The summed E-state index contributed by atoms with van der Waals surface area (Å²) >= 11 is 3.31. The predicted octanol–water partition coefficient (Wildman–Crippen LogP) is 5.86. The molecule has 0 aromatic heterocycles. The summed E-state index contributed by atoms with van der Waals surface area (Å²) in [6, 6.07) is 32.3. The first-order valence-electron chi connectivity index (χ1n) is 9.95. The Morgan fingerprint density at radius 2 is 1.03 bits per heavy atom. The summed E-state index contributed by atoms with van der Waals surface area (Å²) in [5, 5.41) is 13.5. The van der Waals surface area contributed by atoms with Crippen LogP contribution in [0.15, 0.2) is 91.0 Å². The topological polar surface area (TPSA) is 37.3 Å². The van der Waals surface area contributed by atoms with Crippen LogP contribution < -0.4 is 15.9 Å². The van der Waals surface area contributed by atoms with E-state index in [2.05, 4.69) is 107 Å². The van der Waals surface area contributed by atoms with Crippen molar-refractivity contribution in [2.45, 2.75) is 32.1 Å². The zero-order chi connectivity index (χ0) is 20.7. The molecule has 0 spiro atoms. The van der Waals surface area contributed by atoms with Crippen LogP contribution in [0.4, 0.5) is 0 Å². The molecule has 0 fully saturated rings. The molecule has 0 heterocycles. The standard InChI is InChI=1S/C18H15P.C7H13BrO2/c1-4-10-16(11-5-1)19(17-12-6-2-7-13-17)18-14-8-3-9-15-18;8-6-4-2-1-3-5-7(9)10/h1-15H;1-6H2,(H,9,10). The molecule has 0 aliphatic rings. The minimum absolute atomic E-state index is 0.322. The quantitative estimate of drug-likeness (QED) is 0.241. The highest BCUT2D eigenvalue weighted by molar-refractivity contribution is 9.09. The Morgan fingerprint density at radius 1 is 0.655 bits per heavy atom. The Kier molecular flexibility index (Phi) is 11.3. The number of aliphatic carboxylic acids is 1. The highest BCUT2D eigenvalue weighted by Gasteiger charge is 2.14. The minimum Gasteiger partial charge on any atom is -0.481 e. The molecule has 1 N–H and O–H groups in total. The number of rotatable bonds is 9. The van der Waals surface area contributed by atoms with Crippen LogP contribution in [-0.4, -0.2) is 16.4 Å². The van der Waals surface area contributed by atoms with Gasteiger partial charge in [-0.15, -0.1) is 0 Å². The van der Waals surface area contributed by atoms with E-state index in [1.165, 1.54) is 15.9 Å². The Morgan fingerprint density at radius 3 is 1.38 bits per heavy atom. The number of carboxylic acid groups (broad SMARTS) is 1. The van der Waals surface area contributed by atoms with Crippen LogP contribution in [0.5, 0.6) is 0 Å². The van der Waals surface area contributed by atoms with Gasteiger partial charge in [0.05, 0.1) is 0 Å². The Balaban J connectivity index is 0.000000257. The van der Waals surface area contributed by atoms with Crippen LogP contribution in [-0.2, 0) is 4.79 Å². The summed E-state index contributed by atoms with van der Waals surface area (Å²) in [5.74, 6) is -0.682. The van der Waals surface area contributed by atoms with E-state index >= 15 is 0 Å². The first-order chi connectivity index (χ1) is 14.2. The van der Waals surface area contributed by atoms with Crippen LogP contribution in [0.2, 0.25) is 0 Å². The number of carboxylic acids is 1. The number of alkyl halides is 1. The predicted molar refractivity (Wildman–Crippen MR) is 130 cm³/mol. The Bertz CT molecular complexity index is 716. The summed E-state index contributed by atoms with van der Waals surface area (Å²) in [7, 11) is -0.446. The van der Waals surface area contributed by atoms with Gasteiger partial charge in [0, 0.05) is 11.8 Å². The van der Waals surface area contributed by atoms with E-state index in [0.29, 0.717) is 6.42 Å². The molecule has 0 amide bonds. The summed E-state index contributed by atoms with van der Waals surface area (Å²) in [5.41, 5.74) is 0. The van der Waals surface area contributed by atoms with E-state index in [4.69, 9.17) is 5.11 Å². The molecule has 0 bridgehead atoms. The maximum Gasteiger partial charge on any atom is 0.303 e. The summed E-state index contributed by atoms with van der Waals surface area (Å²) in [6.07, 6.45) is 4.47. The first kappa shape index (κ1) is 23.3. The SMILES string of the molecule is O=C(O)CCCCCCBr.c1ccc(P(c2ccccc2)c2ccccc2)cc1. The average molecular weight is 471 g/mol. The Labute approximate surface area is 183 Å². The van der Waals surface area contributed by atoms with E-state index in [-0.39, 0.29) is 0 Å². The molecule has 0 radical (unpaired) electrons. The van der Waals surface area contributed by atoms with E-state index in [1.54, 1.807) is 0 Å². The normalized spacial score (nSPS) is 10.3. The number of carbonyl (C=O) groups is 1. The third kappa shape index (κ3) is 8.94. The highest BCUT2D eigenvalue weighted by Crippen LogP contribution is 2.32. The second-order valence-electron chi connectivity index (χ2n) is 6.59. The third-order valence-electron chi connectivity index (χ3n) is 4.32. The van der Waals surface area contributed by atoms with Crippen molar-refractivity contribution in [3.05, 3.63) is 91.0 Å². The van der Waals surface area contributed by atoms with Crippen molar-refractivity contribution in [1.82, 2.24) is 0 Å². The van der Waals surface area contributed by atoms with Crippen molar-refractivity contribution in [3.8, 4) is 0 Å². The monoisotopic (exact) mass is 470 g/mol. The second-order valence-corrected chi connectivity index (χ2v) is 9.60. The van der Waals surface area contributed by atoms with Crippen LogP contribution in [0, 0.1) is 0 Å². The molecule has 0 aliphatic heterocycles. The largest absolute Gasteiger partial charge is 0.481 e. The van der Waals surface area contributed by atoms with Crippen molar-refractivity contribution in [1.29, 1.82) is 0 Å². The van der Waals surface area contributed by atoms with Gasteiger partial charge in [-0.3, -0.25) is 4.79 Å². The molecule has 3 aromatic rings. The molecular formula is C25H28BrO2P. The van der Waals surface area contributed by atoms with E-state index < -0.39 is 13.9 Å². The molecule has 0 aliphatic carbocycles. The Hall–Kier alpha value is -1.96. The van der Waals surface area contributed by atoms with Crippen LogP contribution in [0.3, 0.4) is 0 Å². The molecular weight excluding hydrogens is 443 g/mol. The van der Waals surface area contributed by atoms with Crippen LogP contribution in [0.1, 0.15) is 32.1 Å². The first-order valence-corrected chi connectivity index (χ1v) is 12.4. The molecule has 4 heteroatoms. The molecule has 0 atom stereocenters. The third-order valence-corrected chi connectivity index (χ3v) is 7.32. The van der Waals surface area contributed by atoms with Crippen molar-refractivity contribution in [2.24, 2.45) is 0 Å². The number of hydrogen-bond acceptors (Lipinski definition) is 1. The second kappa shape index (κ2) is 14.1. The minimum atomic E-state index is -0.682. The maximum absolute atomic E-state index is 10.0. The highest BCUT2D eigenvalue weighted by atomic mass is 79.9. The zero-order valence-electron chi connectivity index (χ0n) is 16.6. The van der Waals surface area contributed by atoms with Gasteiger partial charge in [-0.2, -0.15) is 0 Å². The fraction of sp³-hybridized carbons (Fsp3) is 0.240. The van der Waals surface area contributed by atoms with Gasteiger partial charge in [-0.1, -0.05) is 120 Å². The molecule has 3 rings (SSSR count). The number of halogens is 1. The fourth-order valence-electron chi connectivity index (χ4n) is 2.90. The van der Waals surface area contributed by atoms with Gasteiger partial charge in [0.15, 0.2) is 0 Å². The van der Waals surface area contributed by atoms with Gasteiger partial charge < -0.3 is 5.11 Å². The van der Waals surface area contributed by atoms with Gasteiger partial charge in [-0.05, 0) is 36.7 Å². The maximum atomic E-state index is 10.0. The molecule has 0 unspecified atom stereocenters. The number of hydrogen-bond donors (Lipinski definition) is 1. The molecule has 152 valence electrons. The molecule has 0 saturated heterocycles. The van der Waals surface area contributed by atoms with E-state index in [0.717, 1.165) is 31.0 Å². The van der Waals surface area contributed by atoms with Gasteiger partial charge >= 0.3 is 5.97 Å². The van der Waals surface area contributed by atoms with Crippen molar-refractivity contribution >= 4 is 45.7 Å². The van der Waals surface area contributed by atoms with Gasteiger partial charge in [-0.25, -0.2) is 0 Å². The smallest absolute Gasteiger partial charge is 0.303 e. The number of benzene rings is 3. The summed E-state index contributed by atoms with van der Waals surface area (Å²) in [4.78, 5) is 10.0. The van der Waals surface area contributed by atoms with Crippen molar-refractivity contribution < 1.29 is 9.90 Å². The van der Waals surface area contributed by atoms with E-state index in [1.807, 2.05) is 0 Å². The van der Waals surface area contributed by atoms with Crippen LogP contribution >= 0.6 is 23.9 Å². The number of unbranched alkanes of at least 4 members (excludes halogenated alkanes) is 3. The lowest BCUT2D eigenvalue weighted by Gasteiger charge is -2.18. The zero-order valence-corrected chi connectivity index (χ0v) is 19.1. The van der Waals surface area contributed by atoms with Gasteiger partial charge in [0.1, 0.15) is 0 Å². The average Bonchev–Trinajstić information content (AvgIpc) is 2.76. The molecule has 29 heavy (non-hydrogen) atoms. The summed E-state index contributed by atoms with van der Waals surface area (Å²) < 4.78 is 0. The molecule has 0 saturated carbocycles. The lowest BCUT2D eigenvalue weighted by Crippen LogP contribution is -2.20.